The van der Waals surface area contributed by atoms with Gasteiger partial charge in [0, 0.05) is 12.8 Å². The molecule has 0 aromatic carbocycles. The molecule has 0 heterocycles. The number of carbonyl (C=O) groups is 3. The van der Waals surface area contributed by atoms with E-state index in [1.54, 1.807) is 0 Å². The lowest BCUT2D eigenvalue weighted by Crippen LogP contribution is -2.40. The minimum Gasteiger partial charge on any atom is -0.480 e. The Morgan fingerprint density at radius 2 is 1.02 bits per heavy atom. The highest BCUT2D eigenvalue weighted by atomic mass is 16.5. The second kappa shape index (κ2) is 41.7. The summed E-state index contributed by atoms with van der Waals surface area (Å²) in [5.74, 6) is -1.23. The van der Waals surface area contributed by atoms with Gasteiger partial charge in [0.25, 0.3) is 0 Å². The molecule has 0 aliphatic heterocycles. The molecule has 0 radical (unpaired) electrons. The smallest absolute Gasteiger partial charge is 0.326 e. The number of hydrogen-bond donors (Lipinski definition) is 3. The van der Waals surface area contributed by atoms with Gasteiger partial charge >= 0.3 is 11.9 Å². The van der Waals surface area contributed by atoms with Crippen LogP contribution in [0.25, 0.3) is 0 Å². The summed E-state index contributed by atoms with van der Waals surface area (Å²) in [5, 5.41) is 11.9. The van der Waals surface area contributed by atoms with Crippen LogP contribution in [0.1, 0.15) is 226 Å². The molecule has 0 fully saturated rings. The van der Waals surface area contributed by atoms with Crippen molar-refractivity contribution < 1.29 is 24.2 Å². The zero-order chi connectivity index (χ0) is 39.6. The third-order valence-corrected chi connectivity index (χ3v) is 10.2. The van der Waals surface area contributed by atoms with E-state index < -0.39 is 12.0 Å². The Labute approximate surface area is 333 Å². The van der Waals surface area contributed by atoms with E-state index in [0.717, 1.165) is 83.5 Å². The van der Waals surface area contributed by atoms with Crippen LogP contribution in [0.2, 0.25) is 0 Å². The molecule has 4 N–H and O–H groups in total. The average Bonchev–Trinajstić information content (AvgIpc) is 3.16. The summed E-state index contributed by atoms with van der Waals surface area (Å²) in [5.41, 5.74) is 5.49. The summed E-state index contributed by atoms with van der Waals surface area (Å²) in [6.07, 6.45) is 49.0. The zero-order valence-electron chi connectivity index (χ0n) is 35.3. The second-order valence-corrected chi connectivity index (χ2v) is 15.4. The van der Waals surface area contributed by atoms with Crippen molar-refractivity contribution >= 4 is 17.8 Å². The van der Waals surface area contributed by atoms with Gasteiger partial charge in [-0.1, -0.05) is 166 Å². The highest BCUT2D eigenvalue weighted by Gasteiger charge is 2.19. The van der Waals surface area contributed by atoms with Gasteiger partial charge in [-0.3, -0.25) is 9.59 Å². The molecule has 0 saturated carbocycles. The van der Waals surface area contributed by atoms with Crippen LogP contribution in [0.15, 0.2) is 36.5 Å². The second-order valence-electron chi connectivity index (χ2n) is 15.4. The summed E-state index contributed by atoms with van der Waals surface area (Å²) >= 11 is 0. The van der Waals surface area contributed by atoms with Crippen molar-refractivity contribution in [1.82, 2.24) is 5.32 Å². The van der Waals surface area contributed by atoms with Gasteiger partial charge in [-0.05, 0) is 90.0 Å². The minimum atomic E-state index is -1.00. The van der Waals surface area contributed by atoms with Crippen molar-refractivity contribution in [3.63, 3.8) is 0 Å². The van der Waals surface area contributed by atoms with Crippen molar-refractivity contribution in [1.29, 1.82) is 0 Å². The first-order chi connectivity index (χ1) is 26.4. The van der Waals surface area contributed by atoms with Gasteiger partial charge in [0.15, 0.2) is 0 Å². The van der Waals surface area contributed by atoms with Gasteiger partial charge in [0.2, 0.25) is 5.91 Å². The molecule has 7 heteroatoms. The van der Waals surface area contributed by atoms with Crippen LogP contribution in [-0.2, 0) is 19.1 Å². The summed E-state index contributed by atoms with van der Waals surface area (Å²) in [7, 11) is 0. The number of esters is 1. The molecule has 0 aliphatic rings. The molecule has 0 bridgehead atoms. The lowest BCUT2D eigenvalue weighted by atomic mass is 10.0. The number of ether oxygens (including phenoxy) is 1. The van der Waals surface area contributed by atoms with Crippen LogP contribution in [0.4, 0.5) is 0 Å². The van der Waals surface area contributed by atoms with Crippen molar-refractivity contribution in [2.45, 2.75) is 238 Å². The largest absolute Gasteiger partial charge is 0.480 e. The third kappa shape index (κ3) is 37.9. The quantitative estimate of drug-likeness (QED) is 0.0324. The number of amides is 1. The predicted molar refractivity (Wildman–Crippen MR) is 230 cm³/mol. The zero-order valence-corrected chi connectivity index (χ0v) is 35.3. The summed E-state index contributed by atoms with van der Waals surface area (Å²) in [4.78, 5) is 36.4. The van der Waals surface area contributed by atoms with Crippen molar-refractivity contribution in [3.05, 3.63) is 36.5 Å². The molecule has 54 heavy (non-hydrogen) atoms. The molecule has 0 aromatic heterocycles. The molecule has 0 rings (SSSR count). The molecule has 314 valence electrons. The first-order valence-electron chi connectivity index (χ1n) is 22.8. The van der Waals surface area contributed by atoms with Crippen LogP contribution >= 0.6 is 0 Å². The number of nitrogens with one attached hydrogen (secondary N) is 1. The van der Waals surface area contributed by atoms with Crippen LogP contribution in [0.5, 0.6) is 0 Å². The number of aliphatic carboxylic acids is 1. The van der Waals surface area contributed by atoms with E-state index in [2.05, 4.69) is 55.6 Å². The Kier molecular flexibility index (Phi) is 39.9. The maximum Gasteiger partial charge on any atom is 0.326 e. The lowest BCUT2D eigenvalue weighted by Gasteiger charge is -2.18. The van der Waals surface area contributed by atoms with E-state index in [4.69, 9.17) is 10.5 Å². The average molecular weight is 759 g/mol. The van der Waals surface area contributed by atoms with Gasteiger partial charge < -0.3 is 20.9 Å². The van der Waals surface area contributed by atoms with Gasteiger partial charge in [0.05, 0.1) is 0 Å². The van der Waals surface area contributed by atoms with Crippen LogP contribution < -0.4 is 11.1 Å². The molecule has 0 saturated heterocycles. The van der Waals surface area contributed by atoms with Crippen molar-refractivity contribution in [2.75, 3.05) is 6.54 Å². The fraction of sp³-hybridized carbons (Fsp3) is 0.809. The maximum atomic E-state index is 12.8. The number of rotatable bonds is 41. The van der Waals surface area contributed by atoms with E-state index in [0.29, 0.717) is 32.2 Å². The Balaban J connectivity index is 4.28. The Bertz CT molecular complexity index is 946. The molecule has 0 aromatic rings. The summed E-state index contributed by atoms with van der Waals surface area (Å²) in [6, 6.07) is -0.856. The van der Waals surface area contributed by atoms with E-state index in [1.807, 2.05) is 0 Å². The lowest BCUT2D eigenvalue weighted by molar-refractivity contribution is -0.150. The van der Waals surface area contributed by atoms with Crippen LogP contribution in [0.3, 0.4) is 0 Å². The summed E-state index contributed by atoms with van der Waals surface area (Å²) in [6.45, 7) is 4.84. The standard InChI is InChI=1S/C47H86N2O5/c1-3-5-7-9-11-13-15-16-17-18-19-20-22-24-26-31-35-41-46(51)54-43(37-32-28-25-23-21-14-12-10-8-6-4-2)38-33-29-27-30-34-40-45(50)49-44(47(52)53)39-36-42-48/h5,7,11,13,16-17,43-44H,3-4,6,8-10,12,14-15,18-42,48H2,1-2H3,(H,49,50)(H,52,53)/b7-5-,13-11-,17-16-. The SMILES string of the molecule is CC/C=C\C/C=C\C/C=C\CCCCCCCCCC(=O)OC(CCCCCCCCCCCCC)CCCCCCCC(=O)NC(CCCN)C(=O)O. The molecule has 7 nitrogen and oxygen atoms in total. The van der Waals surface area contributed by atoms with Crippen molar-refractivity contribution in [2.24, 2.45) is 5.73 Å². The van der Waals surface area contributed by atoms with Gasteiger partial charge in [-0.15, -0.1) is 0 Å². The van der Waals surface area contributed by atoms with E-state index >= 15 is 0 Å². The third-order valence-electron chi connectivity index (χ3n) is 10.2. The number of carboxylic acids is 1. The molecule has 2 unspecified atom stereocenters. The number of carbonyl (C=O) groups excluding carboxylic acids is 2. The fourth-order valence-electron chi connectivity index (χ4n) is 6.82. The van der Waals surface area contributed by atoms with Gasteiger partial charge in [0.1, 0.15) is 12.1 Å². The highest BCUT2D eigenvalue weighted by molar-refractivity contribution is 5.83. The highest BCUT2D eigenvalue weighted by Crippen LogP contribution is 2.19. The molecule has 1 amide bonds. The first kappa shape index (κ1) is 51.6. The number of unbranched alkanes of at least 4 members (excludes halogenated alkanes) is 21. The van der Waals surface area contributed by atoms with Crippen LogP contribution in [-0.4, -0.2) is 41.6 Å². The number of allylic oxidation sites excluding steroid dienone is 6. The first-order valence-corrected chi connectivity index (χ1v) is 22.8. The molecule has 0 spiro atoms. The number of hydrogen-bond acceptors (Lipinski definition) is 5. The topological polar surface area (TPSA) is 119 Å². The Morgan fingerprint density at radius 3 is 1.54 bits per heavy atom. The molecular formula is C47H86N2O5. The van der Waals surface area contributed by atoms with E-state index in [1.165, 1.54) is 103 Å². The molecular weight excluding hydrogens is 673 g/mol. The van der Waals surface area contributed by atoms with E-state index in [-0.39, 0.29) is 18.0 Å². The van der Waals surface area contributed by atoms with Gasteiger partial charge in [-0.25, -0.2) is 4.79 Å². The monoisotopic (exact) mass is 759 g/mol. The van der Waals surface area contributed by atoms with Gasteiger partial charge in [-0.2, -0.15) is 0 Å². The summed E-state index contributed by atoms with van der Waals surface area (Å²) < 4.78 is 6.05. The Hall–Kier alpha value is -2.41. The normalized spacial score (nSPS) is 12.9. The van der Waals surface area contributed by atoms with Crippen LogP contribution in [0, 0.1) is 0 Å². The molecule has 2 atom stereocenters. The van der Waals surface area contributed by atoms with E-state index in [9.17, 15) is 19.5 Å². The number of carboxylic acid groups (broad SMARTS) is 1. The minimum absolute atomic E-state index is 0.0105. The fourth-order valence-corrected chi connectivity index (χ4v) is 6.82. The predicted octanol–water partition coefficient (Wildman–Crippen LogP) is 13.0. The molecule has 0 aliphatic carbocycles. The number of nitrogens with two attached hydrogens (primary N) is 1. The Morgan fingerprint density at radius 1 is 0.556 bits per heavy atom. The maximum absolute atomic E-state index is 12.8. The van der Waals surface area contributed by atoms with Crippen molar-refractivity contribution in [3.8, 4) is 0 Å².